The van der Waals surface area contributed by atoms with Gasteiger partial charge >= 0.3 is 0 Å². The van der Waals surface area contributed by atoms with Gasteiger partial charge in [-0.15, -0.1) is 0 Å². The van der Waals surface area contributed by atoms with Crippen molar-refractivity contribution in [2.75, 3.05) is 0 Å². The molecule has 0 aromatic heterocycles. The summed E-state index contributed by atoms with van der Waals surface area (Å²) in [5, 5.41) is 7.68. The number of nitrogens with one attached hydrogen (secondary N) is 3. The maximum atomic E-state index is 11.2. The Bertz CT molecular complexity index is 1260. The first kappa shape index (κ1) is 24.0. The minimum atomic E-state index is -0.290. The van der Waals surface area contributed by atoms with E-state index in [0.29, 0.717) is 36.4 Å². The van der Waals surface area contributed by atoms with Crippen LogP contribution in [0.2, 0.25) is 0 Å². The summed E-state index contributed by atoms with van der Waals surface area (Å²) in [4.78, 5) is 44.6. The number of carbonyl (C=O) groups excluding carboxylic acids is 4. The molecule has 0 aliphatic carbocycles. The highest BCUT2D eigenvalue weighted by atomic mass is 32.1. The number of carbonyl (C=O) groups is 4. The molecule has 0 radical (unpaired) electrons. The summed E-state index contributed by atoms with van der Waals surface area (Å²) < 4.78 is 0. The molecule has 176 valence electrons. The molecule has 8 heteroatoms. The van der Waals surface area contributed by atoms with Crippen molar-refractivity contribution in [3.05, 3.63) is 106 Å². The maximum absolute atomic E-state index is 11.2. The molecule has 3 aliphatic heterocycles. The van der Waals surface area contributed by atoms with Crippen LogP contribution < -0.4 is 16.0 Å². The van der Waals surface area contributed by atoms with Gasteiger partial charge in [0.05, 0.1) is 19.3 Å². The van der Waals surface area contributed by atoms with E-state index in [0.717, 1.165) is 22.3 Å². The van der Waals surface area contributed by atoms with Crippen molar-refractivity contribution in [1.29, 1.82) is 0 Å². The third-order valence-corrected chi connectivity index (χ3v) is 6.00. The lowest BCUT2D eigenvalue weighted by atomic mass is 10.0. The zero-order valence-corrected chi connectivity index (χ0v) is 19.6. The van der Waals surface area contributed by atoms with Crippen molar-refractivity contribution in [1.82, 2.24) is 16.0 Å². The second-order valence-corrected chi connectivity index (χ2v) is 8.55. The van der Waals surface area contributed by atoms with Gasteiger partial charge in [-0.3, -0.25) is 24.5 Å². The molecule has 0 bridgehead atoms. The van der Waals surface area contributed by atoms with Crippen LogP contribution >= 0.6 is 12.2 Å². The largest absolute Gasteiger partial charge is 0.352 e. The fourth-order valence-electron chi connectivity index (χ4n) is 3.95. The van der Waals surface area contributed by atoms with E-state index in [-0.39, 0.29) is 23.6 Å². The van der Waals surface area contributed by atoms with Crippen LogP contribution in [0.3, 0.4) is 0 Å². The lowest BCUT2D eigenvalue weighted by Gasteiger charge is -2.16. The molecule has 0 saturated carbocycles. The van der Waals surface area contributed by atoms with Crippen LogP contribution in [0, 0.1) is 0 Å². The molecule has 35 heavy (non-hydrogen) atoms. The summed E-state index contributed by atoms with van der Waals surface area (Å²) in [7, 11) is 0. The smallest absolute Gasteiger partial charge is 0.258 e. The number of thiocarbonyl (C=S) groups is 1. The third kappa shape index (κ3) is 6.04. The highest BCUT2D eigenvalue weighted by molar-refractivity contribution is 7.80. The molecule has 3 aromatic rings. The highest BCUT2D eigenvalue weighted by Gasteiger charge is 2.21. The monoisotopic (exact) mass is 485 g/mol. The minimum Gasteiger partial charge on any atom is -0.352 e. The first-order chi connectivity index (χ1) is 16.9. The van der Waals surface area contributed by atoms with Crippen LogP contribution in [-0.4, -0.2) is 28.6 Å². The van der Waals surface area contributed by atoms with Gasteiger partial charge in [-0.2, -0.15) is 0 Å². The Morgan fingerprint density at radius 2 is 1.03 bits per heavy atom. The lowest BCUT2D eigenvalue weighted by Crippen LogP contribution is -2.37. The Labute approximate surface area is 207 Å². The first-order valence-corrected chi connectivity index (χ1v) is 11.5. The van der Waals surface area contributed by atoms with E-state index in [1.54, 1.807) is 18.2 Å². The molecular formula is C27H23N3O4S. The standard InChI is InChI=1S/C9H7NO2.C9H7NOS.C9H9NO/c2*11-8-5-6-3-1-2-4-7(6)9(12)10-8;11-9-5-7-3-1-2-4-8(7)6-10-9/h2*1-4H,5H2,(H,10,11,12);1-4H,5-6H2,(H,10,11). The first-order valence-electron chi connectivity index (χ1n) is 11.1. The zero-order valence-electron chi connectivity index (χ0n) is 18.8. The molecule has 0 unspecified atom stereocenters. The van der Waals surface area contributed by atoms with Crippen LogP contribution in [0.1, 0.15) is 38.2 Å². The van der Waals surface area contributed by atoms with Gasteiger partial charge in [-0.25, -0.2) is 0 Å². The normalized spacial score (nSPS) is 15.4. The molecule has 3 aromatic carbocycles. The summed E-state index contributed by atoms with van der Waals surface area (Å²) in [6.07, 6.45) is 1.29. The second-order valence-electron chi connectivity index (χ2n) is 8.14. The number of rotatable bonds is 0. The molecule has 6 rings (SSSR count). The van der Waals surface area contributed by atoms with Gasteiger partial charge in [0.15, 0.2) is 0 Å². The van der Waals surface area contributed by atoms with Crippen LogP contribution in [0.15, 0.2) is 72.8 Å². The number of amides is 4. The average molecular weight is 486 g/mol. The summed E-state index contributed by atoms with van der Waals surface area (Å²) in [5.74, 6) is -0.400. The number of hydrogen-bond acceptors (Lipinski definition) is 5. The maximum Gasteiger partial charge on any atom is 0.258 e. The van der Waals surface area contributed by atoms with Crippen molar-refractivity contribution in [3.8, 4) is 0 Å². The van der Waals surface area contributed by atoms with Crippen molar-refractivity contribution in [3.63, 3.8) is 0 Å². The van der Waals surface area contributed by atoms with E-state index in [1.807, 2.05) is 48.5 Å². The third-order valence-electron chi connectivity index (χ3n) is 5.68. The fourth-order valence-corrected chi connectivity index (χ4v) is 4.26. The van der Waals surface area contributed by atoms with Crippen molar-refractivity contribution in [2.24, 2.45) is 0 Å². The summed E-state index contributed by atoms with van der Waals surface area (Å²) >= 11 is 5.01. The molecule has 0 spiro atoms. The van der Waals surface area contributed by atoms with E-state index in [4.69, 9.17) is 12.2 Å². The topological polar surface area (TPSA) is 104 Å². The number of hydrogen-bond donors (Lipinski definition) is 3. The van der Waals surface area contributed by atoms with Crippen LogP contribution in [0.25, 0.3) is 0 Å². The molecule has 3 aliphatic rings. The van der Waals surface area contributed by atoms with E-state index in [9.17, 15) is 19.2 Å². The van der Waals surface area contributed by atoms with E-state index < -0.39 is 0 Å². The lowest BCUT2D eigenvalue weighted by molar-refractivity contribution is -0.121. The molecule has 3 heterocycles. The molecule has 7 nitrogen and oxygen atoms in total. The van der Waals surface area contributed by atoms with Crippen molar-refractivity contribution in [2.45, 2.75) is 25.8 Å². The van der Waals surface area contributed by atoms with Gasteiger partial charge in [0.1, 0.15) is 4.99 Å². The quantitative estimate of drug-likeness (QED) is 0.335. The van der Waals surface area contributed by atoms with Gasteiger partial charge in [-0.1, -0.05) is 78.9 Å². The summed E-state index contributed by atoms with van der Waals surface area (Å²) in [6.45, 7) is 0.689. The average Bonchev–Trinajstić information content (AvgIpc) is 2.84. The molecular weight excluding hydrogens is 462 g/mol. The van der Waals surface area contributed by atoms with Crippen LogP contribution in [0.5, 0.6) is 0 Å². The van der Waals surface area contributed by atoms with Crippen molar-refractivity contribution >= 4 is 40.8 Å². The second kappa shape index (κ2) is 10.8. The Morgan fingerprint density at radius 3 is 1.71 bits per heavy atom. The number of imide groups is 1. The number of fused-ring (bicyclic) bond motifs is 3. The Hall–Kier alpha value is -4.17. The van der Waals surface area contributed by atoms with Gasteiger partial charge in [-0.05, 0) is 28.3 Å². The van der Waals surface area contributed by atoms with Crippen molar-refractivity contribution < 1.29 is 19.2 Å². The van der Waals surface area contributed by atoms with Gasteiger partial charge < -0.3 is 10.6 Å². The van der Waals surface area contributed by atoms with E-state index in [2.05, 4.69) is 22.0 Å². The number of benzene rings is 3. The molecule has 4 amide bonds. The minimum absolute atomic E-state index is 0.0151. The zero-order chi connectivity index (χ0) is 24.8. The van der Waals surface area contributed by atoms with Crippen LogP contribution in [0.4, 0.5) is 0 Å². The van der Waals surface area contributed by atoms with E-state index in [1.165, 1.54) is 5.56 Å². The van der Waals surface area contributed by atoms with Gasteiger partial charge in [0, 0.05) is 17.7 Å². The molecule has 3 N–H and O–H groups in total. The summed E-state index contributed by atoms with van der Waals surface area (Å²) in [5.41, 5.74) is 5.82. The Morgan fingerprint density at radius 1 is 0.543 bits per heavy atom. The summed E-state index contributed by atoms with van der Waals surface area (Å²) in [6, 6.07) is 22.8. The SMILES string of the molecule is O=C1Cc2ccccc2C(=O)N1.O=C1Cc2ccccc2C(=S)N1.O=C1Cc2ccccc2CN1. The fraction of sp³-hybridized carbons (Fsp3) is 0.148. The van der Waals surface area contributed by atoms with Gasteiger partial charge in [0.25, 0.3) is 5.91 Å². The van der Waals surface area contributed by atoms with Crippen LogP contribution in [-0.2, 0) is 40.2 Å². The van der Waals surface area contributed by atoms with Gasteiger partial charge in [0.2, 0.25) is 17.7 Å². The van der Waals surface area contributed by atoms with E-state index >= 15 is 0 Å². The molecule has 0 fully saturated rings. The predicted octanol–water partition coefficient (Wildman–Crippen LogP) is 2.39. The Kier molecular flexibility index (Phi) is 7.42. The molecule has 0 atom stereocenters. The highest BCUT2D eigenvalue weighted by Crippen LogP contribution is 2.15. The molecule has 0 saturated heterocycles. The predicted molar refractivity (Wildman–Crippen MR) is 135 cm³/mol. The Balaban J connectivity index is 0.000000124.